The maximum absolute atomic E-state index is 13.8. The molecule has 2 aromatic rings. The van der Waals surface area contributed by atoms with Gasteiger partial charge in [0.2, 0.25) is 0 Å². The van der Waals surface area contributed by atoms with Crippen LogP contribution >= 0.6 is 11.3 Å². The van der Waals surface area contributed by atoms with Crippen LogP contribution in [0.15, 0.2) is 11.8 Å². The second kappa shape index (κ2) is 4.75. The number of thiazole rings is 1. The summed E-state index contributed by atoms with van der Waals surface area (Å²) in [7, 11) is 1.81. The number of anilines is 1. The molecule has 0 saturated heterocycles. The zero-order valence-electron chi connectivity index (χ0n) is 9.94. The van der Waals surface area contributed by atoms with Gasteiger partial charge >= 0.3 is 0 Å². The molecule has 6 heteroatoms. The topological polar surface area (TPSA) is 41.9 Å². The molecule has 0 unspecified atom stereocenters. The highest BCUT2D eigenvalue weighted by Crippen LogP contribution is 2.20. The van der Waals surface area contributed by atoms with Gasteiger partial charge in [-0.2, -0.15) is 0 Å². The first kappa shape index (κ1) is 11.9. The number of hydrogen-bond donors (Lipinski definition) is 0. The number of rotatable bonds is 3. The van der Waals surface area contributed by atoms with Gasteiger partial charge in [-0.3, -0.25) is 0 Å². The van der Waals surface area contributed by atoms with E-state index in [2.05, 4.69) is 15.0 Å². The number of hydrogen-bond acceptors (Lipinski definition) is 5. The maximum atomic E-state index is 13.8. The zero-order chi connectivity index (χ0) is 12.4. The predicted molar refractivity (Wildman–Crippen MR) is 65.7 cm³/mol. The van der Waals surface area contributed by atoms with Crippen LogP contribution in [0.2, 0.25) is 0 Å². The quantitative estimate of drug-likeness (QED) is 0.840. The molecule has 0 N–H and O–H groups in total. The Morgan fingerprint density at radius 1 is 1.24 bits per heavy atom. The van der Waals surface area contributed by atoms with Crippen LogP contribution < -0.4 is 4.90 Å². The van der Waals surface area contributed by atoms with E-state index in [1.54, 1.807) is 28.7 Å². The molecule has 0 aromatic carbocycles. The Balaban J connectivity index is 2.23. The Morgan fingerprint density at radius 3 is 2.65 bits per heavy atom. The molecule has 2 rings (SSSR count). The van der Waals surface area contributed by atoms with E-state index >= 15 is 0 Å². The lowest BCUT2D eigenvalue weighted by atomic mass is 10.3. The molecule has 90 valence electrons. The predicted octanol–water partition coefficient (Wildman–Crippen LogP) is 2.33. The van der Waals surface area contributed by atoms with Gasteiger partial charge in [-0.05, 0) is 13.8 Å². The normalized spacial score (nSPS) is 10.6. The summed E-state index contributed by atoms with van der Waals surface area (Å²) in [6.07, 6.45) is 1.38. The fourth-order valence-electron chi connectivity index (χ4n) is 1.48. The minimum absolute atomic E-state index is 0.324. The molecule has 0 aliphatic rings. The van der Waals surface area contributed by atoms with E-state index in [0.29, 0.717) is 18.1 Å². The lowest BCUT2D eigenvalue weighted by molar-refractivity contribution is 0.595. The number of nitrogens with zero attached hydrogens (tertiary/aromatic N) is 4. The summed E-state index contributed by atoms with van der Waals surface area (Å²) in [4.78, 5) is 14.8. The zero-order valence-corrected chi connectivity index (χ0v) is 10.8. The van der Waals surface area contributed by atoms with E-state index in [9.17, 15) is 4.39 Å². The molecule has 0 aliphatic heterocycles. The molecule has 2 heterocycles. The van der Waals surface area contributed by atoms with E-state index in [0.717, 1.165) is 10.6 Å². The van der Waals surface area contributed by atoms with Crippen molar-refractivity contribution in [2.24, 2.45) is 0 Å². The molecule has 0 fully saturated rings. The Kier molecular flexibility index (Phi) is 3.33. The molecule has 0 aliphatic carbocycles. The third-order valence-electron chi connectivity index (χ3n) is 2.53. The molecule has 17 heavy (non-hydrogen) atoms. The molecule has 0 radical (unpaired) electrons. The highest BCUT2D eigenvalue weighted by atomic mass is 32.1. The van der Waals surface area contributed by atoms with Crippen LogP contribution in [0.3, 0.4) is 0 Å². The summed E-state index contributed by atoms with van der Waals surface area (Å²) >= 11 is 1.56. The summed E-state index contributed by atoms with van der Waals surface area (Å²) in [6.45, 7) is 4.18. The molecule has 0 saturated carbocycles. The Hall–Kier alpha value is -1.56. The lowest BCUT2D eigenvalue weighted by Crippen LogP contribution is -2.19. The Bertz CT molecular complexity index is 526. The van der Waals surface area contributed by atoms with Crippen molar-refractivity contribution < 1.29 is 4.39 Å². The van der Waals surface area contributed by atoms with E-state index in [1.807, 2.05) is 14.0 Å². The SMILES string of the molecule is Cc1ncsc1CN(C)c1ncnc(C)c1F. The van der Waals surface area contributed by atoms with Crippen LogP contribution in [-0.4, -0.2) is 22.0 Å². The molecule has 0 spiro atoms. The van der Waals surface area contributed by atoms with Crippen LogP contribution in [0.4, 0.5) is 10.2 Å². The highest BCUT2D eigenvalue weighted by molar-refractivity contribution is 7.09. The molecule has 0 amide bonds. The number of aromatic nitrogens is 3. The van der Waals surface area contributed by atoms with Crippen LogP contribution in [-0.2, 0) is 6.54 Å². The maximum Gasteiger partial charge on any atom is 0.186 e. The lowest BCUT2D eigenvalue weighted by Gasteiger charge is -2.18. The van der Waals surface area contributed by atoms with E-state index < -0.39 is 0 Å². The second-order valence-electron chi connectivity index (χ2n) is 3.81. The summed E-state index contributed by atoms with van der Waals surface area (Å²) in [5, 5.41) is 0. The monoisotopic (exact) mass is 252 g/mol. The fourth-order valence-corrected chi connectivity index (χ4v) is 2.31. The van der Waals surface area contributed by atoms with Crippen LogP contribution in [0.5, 0.6) is 0 Å². The van der Waals surface area contributed by atoms with Gasteiger partial charge in [-0.25, -0.2) is 19.3 Å². The summed E-state index contributed by atoms with van der Waals surface area (Å²) in [6, 6.07) is 0. The first-order valence-electron chi connectivity index (χ1n) is 5.16. The number of aryl methyl sites for hydroxylation is 2. The number of halogens is 1. The van der Waals surface area contributed by atoms with E-state index in [4.69, 9.17) is 0 Å². The molecular formula is C11H13FN4S. The third kappa shape index (κ3) is 2.41. The molecular weight excluding hydrogens is 239 g/mol. The van der Waals surface area contributed by atoms with E-state index in [-0.39, 0.29) is 5.82 Å². The standard InChI is InChI=1S/C11H13FN4S/c1-7-9(17-6-15-7)4-16(3)11-10(12)8(2)13-5-14-11/h5-6H,4H2,1-3H3. The van der Waals surface area contributed by atoms with Gasteiger partial charge in [0.25, 0.3) is 0 Å². The van der Waals surface area contributed by atoms with Crippen molar-refractivity contribution in [2.45, 2.75) is 20.4 Å². The van der Waals surface area contributed by atoms with Crippen molar-refractivity contribution in [2.75, 3.05) is 11.9 Å². The van der Waals surface area contributed by atoms with Crippen molar-refractivity contribution in [1.82, 2.24) is 15.0 Å². The van der Waals surface area contributed by atoms with Crippen LogP contribution in [0.25, 0.3) is 0 Å². The fraction of sp³-hybridized carbons (Fsp3) is 0.364. The third-order valence-corrected chi connectivity index (χ3v) is 3.45. The summed E-state index contributed by atoms with van der Waals surface area (Å²) in [5.41, 5.74) is 3.14. The largest absolute Gasteiger partial charge is 0.352 e. The highest BCUT2D eigenvalue weighted by Gasteiger charge is 2.14. The van der Waals surface area contributed by atoms with Gasteiger partial charge in [0.05, 0.1) is 23.4 Å². The van der Waals surface area contributed by atoms with Gasteiger partial charge in [0.1, 0.15) is 6.33 Å². The molecule has 2 aromatic heterocycles. The second-order valence-corrected chi connectivity index (χ2v) is 4.75. The molecule has 0 bridgehead atoms. The van der Waals surface area contributed by atoms with Gasteiger partial charge in [0.15, 0.2) is 11.6 Å². The van der Waals surface area contributed by atoms with Crippen LogP contribution in [0, 0.1) is 19.7 Å². The first-order valence-corrected chi connectivity index (χ1v) is 6.04. The van der Waals surface area contributed by atoms with Crippen molar-refractivity contribution in [3.05, 3.63) is 33.9 Å². The molecule has 4 nitrogen and oxygen atoms in total. The van der Waals surface area contributed by atoms with Crippen molar-refractivity contribution in [1.29, 1.82) is 0 Å². The Morgan fingerprint density at radius 2 is 2.00 bits per heavy atom. The van der Waals surface area contributed by atoms with Gasteiger partial charge < -0.3 is 4.90 Å². The molecule has 0 atom stereocenters. The smallest absolute Gasteiger partial charge is 0.186 e. The van der Waals surface area contributed by atoms with Gasteiger partial charge in [-0.1, -0.05) is 0 Å². The van der Waals surface area contributed by atoms with Gasteiger partial charge in [-0.15, -0.1) is 11.3 Å². The summed E-state index contributed by atoms with van der Waals surface area (Å²) < 4.78 is 13.8. The van der Waals surface area contributed by atoms with Crippen molar-refractivity contribution >= 4 is 17.2 Å². The minimum Gasteiger partial charge on any atom is -0.352 e. The average molecular weight is 252 g/mol. The van der Waals surface area contributed by atoms with Gasteiger partial charge in [0, 0.05) is 11.9 Å². The summed E-state index contributed by atoms with van der Waals surface area (Å²) in [5.74, 6) is -0.0394. The minimum atomic E-state index is -0.364. The first-order chi connectivity index (χ1) is 8.09. The van der Waals surface area contributed by atoms with E-state index in [1.165, 1.54) is 6.33 Å². The van der Waals surface area contributed by atoms with Crippen molar-refractivity contribution in [3.8, 4) is 0 Å². The van der Waals surface area contributed by atoms with Crippen molar-refractivity contribution in [3.63, 3.8) is 0 Å². The van der Waals surface area contributed by atoms with Crippen LogP contribution in [0.1, 0.15) is 16.3 Å². The average Bonchev–Trinajstić information content (AvgIpc) is 2.68. The Labute approximate surface area is 103 Å².